The van der Waals surface area contributed by atoms with E-state index in [0.29, 0.717) is 16.7 Å². The predicted octanol–water partition coefficient (Wildman–Crippen LogP) is 4.96. The van der Waals surface area contributed by atoms with Gasteiger partial charge in [0.05, 0.1) is 11.8 Å². The summed E-state index contributed by atoms with van der Waals surface area (Å²) < 4.78 is 8.72. The van der Waals surface area contributed by atoms with Crippen molar-refractivity contribution in [3.05, 3.63) is 64.6 Å². The summed E-state index contributed by atoms with van der Waals surface area (Å²) in [6.45, 7) is 1.97. The van der Waals surface area contributed by atoms with Crippen molar-refractivity contribution in [1.82, 2.24) is 20.1 Å². The van der Waals surface area contributed by atoms with Crippen molar-refractivity contribution in [2.24, 2.45) is 7.05 Å². The Morgan fingerprint density at radius 3 is 2.79 bits per heavy atom. The molecule has 2 heterocycles. The fourth-order valence-electron chi connectivity index (χ4n) is 3.02. The molecule has 1 amide bonds. The van der Waals surface area contributed by atoms with E-state index in [1.807, 2.05) is 73.1 Å². The first-order chi connectivity index (χ1) is 14.0. The number of nitrogens with one attached hydrogen (secondary N) is 1. The quantitative estimate of drug-likeness (QED) is 0.403. The molecule has 0 saturated carbocycles. The number of halogens is 1. The summed E-state index contributed by atoms with van der Waals surface area (Å²) in [5.74, 6) is 1.47. The first kappa shape index (κ1) is 19.7. The third-order valence-corrected chi connectivity index (χ3v) is 6.06. The third kappa shape index (κ3) is 4.38. The lowest BCUT2D eigenvalue weighted by molar-refractivity contribution is -0.119. The molecule has 6 nitrogen and oxygen atoms in total. The number of nitrogens with zero attached hydrogens (tertiary/aromatic N) is 3. The van der Waals surface area contributed by atoms with E-state index in [2.05, 4.69) is 31.4 Å². The van der Waals surface area contributed by atoms with Crippen molar-refractivity contribution in [3.8, 4) is 11.6 Å². The summed E-state index contributed by atoms with van der Waals surface area (Å²) >= 11 is 4.81. The minimum atomic E-state index is -0.0514. The van der Waals surface area contributed by atoms with Gasteiger partial charge in [0.1, 0.15) is 5.58 Å². The van der Waals surface area contributed by atoms with Crippen molar-refractivity contribution in [1.29, 1.82) is 0 Å². The summed E-state index contributed by atoms with van der Waals surface area (Å²) in [5, 5.41) is 13.1. The van der Waals surface area contributed by atoms with Gasteiger partial charge in [-0.2, -0.15) is 0 Å². The second kappa shape index (κ2) is 8.42. The molecule has 1 unspecified atom stereocenters. The van der Waals surface area contributed by atoms with Gasteiger partial charge < -0.3 is 14.3 Å². The largest absolute Gasteiger partial charge is 0.453 e. The standard InChI is InChI=1S/C21H19BrN4O2S/c1-13(14-6-4-3-5-7-14)23-19(27)12-29-21-25-24-20(26(21)2)18-11-15-10-16(22)8-9-17(15)28-18/h3-11,13H,12H2,1-2H3,(H,23,27). The summed E-state index contributed by atoms with van der Waals surface area (Å²) in [6, 6.07) is 17.6. The number of thioether (sulfide) groups is 1. The number of rotatable bonds is 6. The molecule has 1 atom stereocenters. The van der Waals surface area contributed by atoms with Gasteiger partial charge in [0.2, 0.25) is 5.91 Å². The molecular weight excluding hydrogens is 452 g/mol. The third-order valence-electron chi connectivity index (χ3n) is 4.54. The summed E-state index contributed by atoms with van der Waals surface area (Å²) in [5.41, 5.74) is 1.86. The number of fused-ring (bicyclic) bond motifs is 1. The number of amides is 1. The van der Waals surface area contributed by atoms with Crippen LogP contribution in [0.5, 0.6) is 0 Å². The molecule has 0 radical (unpaired) electrons. The Morgan fingerprint density at radius 1 is 1.21 bits per heavy atom. The molecule has 0 bridgehead atoms. The van der Waals surface area contributed by atoms with Crippen molar-refractivity contribution >= 4 is 44.6 Å². The highest BCUT2D eigenvalue weighted by Gasteiger charge is 2.17. The smallest absolute Gasteiger partial charge is 0.230 e. The fraction of sp³-hybridized carbons (Fsp3) is 0.190. The van der Waals surface area contributed by atoms with Crippen LogP contribution >= 0.6 is 27.7 Å². The van der Waals surface area contributed by atoms with Crippen LogP contribution in [0.3, 0.4) is 0 Å². The molecule has 0 aliphatic carbocycles. The number of aromatic nitrogens is 3. The van der Waals surface area contributed by atoms with Gasteiger partial charge in [0, 0.05) is 16.9 Å². The minimum absolute atomic E-state index is 0.0470. The van der Waals surface area contributed by atoms with Gasteiger partial charge in [-0.3, -0.25) is 4.79 Å². The van der Waals surface area contributed by atoms with Gasteiger partial charge in [-0.1, -0.05) is 58.0 Å². The Morgan fingerprint density at radius 2 is 2.00 bits per heavy atom. The average molecular weight is 471 g/mol. The summed E-state index contributed by atoms with van der Waals surface area (Å²) in [4.78, 5) is 12.3. The molecule has 0 fully saturated rings. The lowest BCUT2D eigenvalue weighted by Crippen LogP contribution is -2.28. The lowest BCUT2D eigenvalue weighted by Gasteiger charge is -2.13. The van der Waals surface area contributed by atoms with Crippen molar-refractivity contribution in [2.45, 2.75) is 18.1 Å². The first-order valence-electron chi connectivity index (χ1n) is 9.07. The SMILES string of the molecule is CC(NC(=O)CSc1nnc(-c2cc3cc(Br)ccc3o2)n1C)c1ccccc1. The topological polar surface area (TPSA) is 73.0 Å². The van der Waals surface area contributed by atoms with Crippen LogP contribution in [0.4, 0.5) is 0 Å². The second-order valence-corrected chi connectivity index (χ2v) is 8.50. The molecule has 4 rings (SSSR count). The molecule has 0 saturated heterocycles. The van der Waals surface area contributed by atoms with E-state index in [0.717, 1.165) is 21.0 Å². The predicted molar refractivity (Wildman–Crippen MR) is 118 cm³/mol. The van der Waals surface area contributed by atoms with E-state index in [-0.39, 0.29) is 17.7 Å². The molecule has 0 spiro atoms. The van der Waals surface area contributed by atoms with Gasteiger partial charge in [0.15, 0.2) is 16.7 Å². The molecule has 2 aromatic heterocycles. The maximum Gasteiger partial charge on any atom is 0.230 e. The van der Waals surface area contributed by atoms with E-state index in [1.165, 1.54) is 11.8 Å². The van der Waals surface area contributed by atoms with Crippen molar-refractivity contribution in [2.75, 3.05) is 5.75 Å². The highest BCUT2D eigenvalue weighted by atomic mass is 79.9. The number of carbonyl (C=O) groups is 1. The van der Waals surface area contributed by atoms with Gasteiger partial charge in [-0.15, -0.1) is 10.2 Å². The van der Waals surface area contributed by atoms with Crippen LogP contribution in [0.2, 0.25) is 0 Å². The molecule has 0 aliphatic heterocycles. The van der Waals surface area contributed by atoms with Crippen LogP contribution in [0.15, 0.2) is 68.6 Å². The van der Waals surface area contributed by atoms with Crippen molar-refractivity contribution in [3.63, 3.8) is 0 Å². The average Bonchev–Trinajstić information content (AvgIpc) is 3.29. The van der Waals surface area contributed by atoms with Gasteiger partial charge in [0.25, 0.3) is 0 Å². The summed E-state index contributed by atoms with van der Waals surface area (Å²) in [6.07, 6.45) is 0. The van der Waals surface area contributed by atoms with Gasteiger partial charge >= 0.3 is 0 Å². The zero-order valence-corrected chi connectivity index (χ0v) is 18.3. The van der Waals surface area contributed by atoms with Crippen LogP contribution in [0.25, 0.3) is 22.6 Å². The van der Waals surface area contributed by atoms with E-state index in [9.17, 15) is 4.79 Å². The first-order valence-corrected chi connectivity index (χ1v) is 10.8. The molecule has 2 aromatic carbocycles. The molecule has 29 heavy (non-hydrogen) atoms. The Kier molecular flexibility index (Phi) is 5.73. The maximum atomic E-state index is 12.3. The van der Waals surface area contributed by atoms with Crippen LogP contribution in [0.1, 0.15) is 18.5 Å². The Labute approximate surface area is 180 Å². The van der Waals surface area contributed by atoms with E-state index < -0.39 is 0 Å². The Hall–Kier alpha value is -2.58. The molecule has 1 N–H and O–H groups in total. The zero-order valence-electron chi connectivity index (χ0n) is 15.9. The van der Waals surface area contributed by atoms with Crippen LogP contribution in [-0.4, -0.2) is 26.4 Å². The normalized spacial score (nSPS) is 12.2. The number of furan rings is 1. The zero-order chi connectivity index (χ0) is 20.4. The van der Waals surface area contributed by atoms with E-state index in [1.54, 1.807) is 0 Å². The minimum Gasteiger partial charge on any atom is -0.453 e. The Bertz CT molecular complexity index is 1160. The van der Waals surface area contributed by atoms with E-state index >= 15 is 0 Å². The van der Waals surface area contributed by atoms with Gasteiger partial charge in [-0.05, 0) is 36.8 Å². The molecule has 148 valence electrons. The highest BCUT2D eigenvalue weighted by Crippen LogP contribution is 2.30. The van der Waals surface area contributed by atoms with Crippen LogP contribution in [-0.2, 0) is 11.8 Å². The van der Waals surface area contributed by atoms with Crippen LogP contribution in [0, 0.1) is 0 Å². The monoisotopic (exact) mass is 470 g/mol. The molecular formula is C21H19BrN4O2S. The maximum absolute atomic E-state index is 12.3. The lowest BCUT2D eigenvalue weighted by atomic mass is 10.1. The second-order valence-electron chi connectivity index (χ2n) is 6.65. The Balaban J connectivity index is 1.42. The number of carbonyl (C=O) groups excluding carboxylic acids is 1. The number of hydrogen-bond acceptors (Lipinski definition) is 5. The molecule has 4 aromatic rings. The van der Waals surface area contributed by atoms with Crippen molar-refractivity contribution < 1.29 is 9.21 Å². The van der Waals surface area contributed by atoms with Gasteiger partial charge in [-0.25, -0.2) is 0 Å². The number of benzene rings is 2. The molecule has 0 aliphatic rings. The fourth-order valence-corrected chi connectivity index (χ4v) is 4.12. The van der Waals surface area contributed by atoms with E-state index in [4.69, 9.17) is 4.42 Å². The summed E-state index contributed by atoms with van der Waals surface area (Å²) in [7, 11) is 1.87. The number of hydrogen-bond donors (Lipinski definition) is 1. The highest BCUT2D eigenvalue weighted by molar-refractivity contribution is 9.10. The molecule has 8 heteroatoms. The van der Waals surface area contributed by atoms with Crippen LogP contribution < -0.4 is 5.32 Å².